The smallest absolute Gasteiger partial charge is 0.00205 e. The van der Waals surface area contributed by atoms with Crippen molar-refractivity contribution in [3.8, 4) is 0 Å². The van der Waals surface area contributed by atoms with Crippen molar-refractivity contribution >= 4 is 22.3 Å². The molecule has 0 bridgehead atoms. The van der Waals surface area contributed by atoms with Crippen LogP contribution in [0.3, 0.4) is 0 Å². The predicted molar refractivity (Wildman–Crippen MR) is 138 cm³/mol. The molecule has 1 aliphatic rings. The Morgan fingerprint density at radius 1 is 0.375 bits per heavy atom. The van der Waals surface area contributed by atoms with Gasteiger partial charge < -0.3 is 0 Å². The van der Waals surface area contributed by atoms with E-state index < -0.39 is 0 Å². The Bertz CT molecular complexity index is 1200. The molecule has 0 aliphatic heterocycles. The summed E-state index contributed by atoms with van der Waals surface area (Å²) in [5, 5.41) is 0. The van der Waals surface area contributed by atoms with E-state index in [0.29, 0.717) is 0 Å². The highest BCUT2D eigenvalue weighted by molar-refractivity contribution is 6.11. The maximum Gasteiger partial charge on any atom is -0.00205 e. The van der Waals surface area contributed by atoms with Crippen LogP contribution >= 0.6 is 0 Å². The van der Waals surface area contributed by atoms with E-state index in [1.165, 1.54) is 55.7 Å². The molecule has 0 N–H and O–H groups in total. The standard InChI is InChI=1S/C32H28/c1-3-25-26(4-2)28-20-12-14-22-30(28)32(24-17-9-6-10-18-24)31(23-15-7-5-8-16-23)29-21-13-11-19-27(25)29/h5-22H,3-4H2,1-2H3/b26-25-,27-25?,28-26?,31-29?,32-30?,32-31-. The van der Waals surface area contributed by atoms with Crippen LogP contribution in [-0.4, -0.2) is 0 Å². The van der Waals surface area contributed by atoms with Crippen molar-refractivity contribution in [2.24, 2.45) is 0 Å². The summed E-state index contributed by atoms with van der Waals surface area (Å²) >= 11 is 0. The molecule has 0 heteroatoms. The zero-order valence-electron chi connectivity index (χ0n) is 18.8. The Morgan fingerprint density at radius 3 is 1.03 bits per heavy atom. The Kier molecular flexibility index (Phi) is 5.60. The lowest BCUT2D eigenvalue weighted by molar-refractivity contribution is 1.18. The normalized spacial score (nSPS) is 17.8. The maximum absolute atomic E-state index is 2.31. The van der Waals surface area contributed by atoms with Gasteiger partial charge >= 0.3 is 0 Å². The van der Waals surface area contributed by atoms with Gasteiger partial charge in [-0.3, -0.25) is 0 Å². The van der Waals surface area contributed by atoms with Gasteiger partial charge in [-0.2, -0.15) is 0 Å². The summed E-state index contributed by atoms with van der Waals surface area (Å²) in [6.45, 7) is 4.58. The number of allylic oxidation sites excluding steroid dienone is 2. The van der Waals surface area contributed by atoms with E-state index in [-0.39, 0.29) is 0 Å². The fourth-order valence-corrected chi connectivity index (χ4v) is 5.14. The molecule has 32 heavy (non-hydrogen) atoms. The Balaban J connectivity index is 2.02. The lowest BCUT2D eigenvalue weighted by Crippen LogP contribution is -2.07. The van der Waals surface area contributed by atoms with E-state index in [2.05, 4.69) is 123 Å². The van der Waals surface area contributed by atoms with Crippen molar-refractivity contribution in [1.29, 1.82) is 0 Å². The van der Waals surface area contributed by atoms with E-state index in [1.807, 2.05) is 0 Å². The lowest BCUT2D eigenvalue weighted by atomic mass is 9.76. The second-order valence-electron chi connectivity index (χ2n) is 8.24. The minimum absolute atomic E-state index is 1.01. The largest absolute Gasteiger partial charge is 0.0622 e. The topological polar surface area (TPSA) is 0 Å². The molecule has 4 aromatic carbocycles. The molecular formula is C32H28. The number of fused-ring (bicyclic) bond motifs is 2. The average molecular weight is 413 g/mol. The SMILES string of the molecule is CC/C1=C(\CC)c2ccccc2/C(c2ccccc2)=C(/c2ccccc2)c2ccccc21. The van der Waals surface area contributed by atoms with Gasteiger partial charge in [0.1, 0.15) is 0 Å². The summed E-state index contributed by atoms with van der Waals surface area (Å²) in [5.74, 6) is 0. The van der Waals surface area contributed by atoms with E-state index in [0.717, 1.165) is 12.8 Å². The van der Waals surface area contributed by atoms with Gasteiger partial charge in [0, 0.05) is 0 Å². The number of hydrogen-bond donors (Lipinski definition) is 0. The molecule has 0 saturated heterocycles. The summed E-state index contributed by atoms with van der Waals surface area (Å²) in [4.78, 5) is 0. The van der Waals surface area contributed by atoms with E-state index in [1.54, 1.807) is 0 Å². The third-order valence-corrected chi connectivity index (χ3v) is 6.49. The van der Waals surface area contributed by atoms with Crippen molar-refractivity contribution in [1.82, 2.24) is 0 Å². The Hall–Kier alpha value is -3.64. The van der Waals surface area contributed by atoms with Crippen LogP contribution in [0.1, 0.15) is 60.1 Å². The monoisotopic (exact) mass is 412 g/mol. The zero-order chi connectivity index (χ0) is 21.9. The molecule has 0 heterocycles. The third kappa shape index (κ3) is 3.42. The Labute approximate surface area is 191 Å². The lowest BCUT2D eigenvalue weighted by Gasteiger charge is -2.27. The van der Waals surface area contributed by atoms with Crippen LogP contribution in [0.15, 0.2) is 109 Å². The van der Waals surface area contributed by atoms with Crippen molar-refractivity contribution in [2.75, 3.05) is 0 Å². The van der Waals surface area contributed by atoms with E-state index in [4.69, 9.17) is 0 Å². The minimum atomic E-state index is 1.01. The predicted octanol–water partition coefficient (Wildman–Crippen LogP) is 8.74. The Morgan fingerprint density at radius 2 is 0.688 bits per heavy atom. The second-order valence-corrected chi connectivity index (χ2v) is 8.24. The molecule has 0 fully saturated rings. The second kappa shape index (κ2) is 8.85. The maximum atomic E-state index is 2.31. The molecule has 0 saturated carbocycles. The highest BCUT2D eigenvalue weighted by atomic mass is 14.3. The molecule has 0 atom stereocenters. The van der Waals surface area contributed by atoms with Gasteiger partial charge in [-0.15, -0.1) is 0 Å². The van der Waals surface area contributed by atoms with E-state index in [9.17, 15) is 0 Å². The minimum Gasteiger partial charge on any atom is -0.0622 e. The summed E-state index contributed by atoms with van der Waals surface area (Å²) in [6, 6.07) is 39.7. The first-order valence-corrected chi connectivity index (χ1v) is 11.6. The van der Waals surface area contributed by atoms with Crippen LogP contribution in [0.4, 0.5) is 0 Å². The van der Waals surface area contributed by atoms with Gasteiger partial charge in [0.2, 0.25) is 0 Å². The fourth-order valence-electron chi connectivity index (χ4n) is 5.14. The number of hydrogen-bond acceptors (Lipinski definition) is 0. The van der Waals surface area contributed by atoms with Crippen LogP contribution in [0.2, 0.25) is 0 Å². The third-order valence-electron chi connectivity index (χ3n) is 6.49. The number of benzene rings is 4. The average Bonchev–Trinajstić information content (AvgIpc) is 2.86. The van der Waals surface area contributed by atoms with Crippen molar-refractivity contribution in [3.05, 3.63) is 143 Å². The first-order valence-electron chi connectivity index (χ1n) is 11.6. The first-order chi connectivity index (χ1) is 15.8. The highest BCUT2D eigenvalue weighted by Crippen LogP contribution is 2.46. The zero-order valence-corrected chi connectivity index (χ0v) is 18.8. The van der Waals surface area contributed by atoms with Crippen LogP contribution in [-0.2, 0) is 0 Å². The van der Waals surface area contributed by atoms with Gasteiger partial charge in [0.05, 0.1) is 0 Å². The molecular weight excluding hydrogens is 384 g/mol. The molecule has 0 nitrogen and oxygen atoms in total. The molecule has 0 unspecified atom stereocenters. The molecule has 0 spiro atoms. The van der Waals surface area contributed by atoms with Crippen LogP contribution in [0, 0.1) is 0 Å². The molecule has 0 aromatic heterocycles. The molecule has 5 rings (SSSR count). The first kappa shape index (κ1) is 20.3. The van der Waals surface area contributed by atoms with Crippen molar-refractivity contribution in [2.45, 2.75) is 26.7 Å². The van der Waals surface area contributed by atoms with Gasteiger partial charge in [0.15, 0.2) is 0 Å². The number of rotatable bonds is 4. The van der Waals surface area contributed by atoms with Crippen molar-refractivity contribution < 1.29 is 0 Å². The molecule has 156 valence electrons. The van der Waals surface area contributed by atoms with Gasteiger partial charge in [0.25, 0.3) is 0 Å². The quantitative estimate of drug-likeness (QED) is 0.314. The fraction of sp³-hybridized carbons (Fsp3) is 0.125. The van der Waals surface area contributed by atoms with Crippen LogP contribution in [0.25, 0.3) is 22.3 Å². The van der Waals surface area contributed by atoms with Crippen molar-refractivity contribution in [3.63, 3.8) is 0 Å². The van der Waals surface area contributed by atoms with Crippen LogP contribution in [0.5, 0.6) is 0 Å². The molecule has 0 radical (unpaired) electrons. The van der Waals surface area contributed by atoms with E-state index >= 15 is 0 Å². The highest BCUT2D eigenvalue weighted by Gasteiger charge is 2.25. The summed E-state index contributed by atoms with van der Waals surface area (Å²) < 4.78 is 0. The summed E-state index contributed by atoms with van der Waals surface area (Å²) in [6.07, 6.45) is 2.02. The summed E-state index contributed by atoms with van der Waals surface area (Å²) in [7, 11) is 0. The van der Waals surface area contributed by atoms with Crippen LogP contribution < -0.4 is 0 Å². The van der Waals surface area contributed by atoms with Gasteiger partial charge in [-0.05, 0) is 68.5 Å². The van der Waals surface area contributed by atoms with Gasteiger partial charge in [-0.1, -0.05) is 123 Å². The molecule has 0 amide bonds. The molecule has 1 aliphatic carbocycles. The molecule has 4 aromatic rings. The summed E-state index contributed by atoms with van der Waals surface area (Å²) in [5.41, 5.74) is 13.4. The van der Waals surface area contributed by atoms with Gasteiger partial charge in [-0.25, -0.2) is 0 Å².